The van der Waals surface area contributed by atoms with Gasteiger partial charge in [-0.1, -0.05) is 110 Å². The number of aliphatic hydroxyl groups excluding tert-OH is 1. The molecule has 2 N–H and O–H groups in total. The highest BCUT2D eigenvalue weighted by Gasteiger charge is 2.27. The number of hydrogen-bond acceptors (Lipinski definition) is 6. The van der Waals surface area contributed by atoms with E-state index >= 15 is 0 Å². The SMILES string of the molecule is C/C=C\C=C/CCN(C=O)C1CC1.CC.CC.CC.CCCCNC.CCOC.CCc1cc(C)cc(Cl)c1OCCO.c1ccncc1. The van der Waals surface area contributed by atoms with Gasteiger partial charge in [0.1, 0.15) is 12.4 Å². The summed E-state index contributed by atoms with van der Waals surface area (Å²) in [6, 6.07) is 10.2. The minimum Gasteiger partial charge on any atom is -0.489 e. The standard InChI is InChI=1S/C11H15ClO2.C11H17NO.C5H5N.C5H13N.C3H8O.3C2H6/c1-3-9-6-8(2)7-10(12)11(9)14-5-4-13;1-2-3-4-5-6-9-12(10-13)11-7-8-11;1-2-4-6-5-3-1;1-3-4-5-6-2;1-3-4-2;3*1-2/h6-7,13H,3-5H2,1-2H3;2-5,10-11H,6-9H2,1H3;1-5H;6H,3-5H2,1-2H3;3H2,1-2H3;3*1-2H3/b;3-2-,5-4-;;;;;;. The lowest BCUT2D eigenvalue weighted by molar-refractivity contribution is -0.118. The van der Waals surface area contributed by atoms with Gasteiger partial charge in [-0.2, -0.15) is 0 Å². The number of aromatic nitrogens is 1. The van der Waals surface area contributed by atoms with Gasteiger partial charge in [0.15, 0.2) is 0 Å². The van der Waals surface area contributed by atoms with Crippen molar-refractivity contribution in [3.8, 4) is 5.75 Å². The van der Waals surface area contributed by atoms with Gasteiger partial charge in [-0.05, 0) is 95.8 Å². The lowest BCUT2D eigenvalue weighted by Crippen LogP contribution is -2.24. The zero-order chi connectivity index (χ0) is 38.6. The number of allylic oxidation sites excluding steroid dienone is 3. The van der Waals surface area contributed by atoms with Crippen LogP contribution in [0.15, 0.2) is 67.0 Å². The number of hydrogen-bond donors (Lipinski definition) is 2. The number of aryl methyl sites for hydroxylation is 2. The predicted octanol–water partition coefficient (Wildman–Crippen LogP) is 10.5. The summed E-state index contributed by atoms with van der Waals surface area (Å²) in [5, 5.41) is 12.4. The molecule has 1 fully saturated rings. The average Bonchev–Trinajstić information content (AvgIpc) is 4.01. The number of aliphatic hydroxyl groups is 1. The Morgan fingerprint density at radius 2 is 1.61 bits per heavy atom. The summed E-state index contributed by atoms with van der Waals surface area (Å²) in [6.07, 6.45) is 19.4. The van der Waals surface area contributed by atoms with Crippen LogP contribution >= 0.6 is 11.6 Å². The zero-order valence-electron chi connectivity index (χ0n) is 33.7. The molecule has 1 saturated carbocycles. The van der Waals surface area contributed by atoms with Gasteiger partial charge in [-0.3, -0.25) is 9.78 Å². The minimum absolute atomic E-state index is 0.00730. The second-order valence-corrected chi connectivity index (χ2v) is 9.94. The summed E-state index contributed by atoms with van der Waals surface area (Å²) in [5.74, 6) is 0.703. The summed E-state index contributed by atoms with van der Waals surface area (Å²) in [7, 11) is 3.66. The predicted molar refractivity (Wildman–Crippen MR) is 217 cm³/mol. The van der Waals surface area contributed by atoms with E-state index in [2.05, 4.69) is 41.0 Å². The molecule has 0 unspecified atom stereocenters. The number of methoxy groups -OCH3 is 1. The number of pyridine rings is 1. The third-order valence-corrected chi connectivity index (χ3v) is 6.04. The second-order valence-electron chi connectivity index (χ2n) is 9.54. The number of ether oxygens (including phenoxy) is 2. The van der Waals surface area contributed by atoms with E-state index in [0.29, 0.717) is 16.8 Å². The number of nitrogens with zero attached hydrogens (tertiary/aromatic N) is 2. The fourth-order valence-corrected chi connectivity index (χ4v) is 3.62. The smallest absolute Gasteiger partial charge is 0.209 e. The van der Waals surface area contributed by atoms with Gasteiger partial charge >= 0.3 is 0 Å². The number of carbonyl (C=O) groups excluding carboxylic acids is 1. The molecular weight excluding hydrogens is 634 g/mol. The van der Waals surface area contributed by atoms with Crippen molar-refractivity contribution in [2.75, 3.05) is 47.1 Å². The maximum atomic E-state index is 10.6. The number of benzene rings is 1. The van der Waals surface area contributed by atoms with Crippen LogP contribution in [0.2, 0.25) is 5.02 Å². The fourth-order valence-electron chi connectivity index (χ4n) is 3.28. The normalized spacial score (nSPS) is 10.5. The summed E-state index contributed by atoms with van der Waals surface area (Å²) >= 11 is 6.04. The van der Waals surface area contributed by atoms with Gasteiger partial charge in [-0.15, -0.1) is 0 Å². The molecule has 3 rings (SSSR count). The molecule has 49 heavy (non-hydrogen) atoms. The molecule has 1 aliphatic carbocycles. The molecule has 1 amide bonds. The van der Waals surface area contributed by atoms with E-state index < -0.39 is 0 Å². The number of nitrogens with one attached hydrogen (secondary N) is 1. The molecule has 0 radical (unpaired) electrons. The van der Waals surface area contributed by atoms with Gasteiger partial charge in [0.05, 0.1) is 11.6 Å². The van der Waals surface area contributed by atoms with Gasteiger partial charge in [-0.25, -0.2) is 0 Å². The van der Waals surface area contributed by atoms with E-state index in [1.165, 1.54) is 25.7 Å². The Bertz CT molecular complexity index is 907. The Balaban J connectivity index is -0.000000168. The highest BCUT2D eigenvalue weighted by Crippen LogP contribution is 2.30. The first-order valence-corrected chi connectivity index (χ1v) is 18.8. The van der Waals surface area contributed by atoms with E-state index in [4.69, 9.17) is 21.4 Å². The van der Waals surface area contributed by atoms with Crippen LogP contribution in [0.4, 0.5) is 0 Å². The van der Waals surface area contributed by atoms with Crippen molar-refractivity contribution in [3.05, 3.63) is 83.2 Å². The maximum Gasteiger partial charge on any atom is 0.209 e. The van der Waals surface area contributed by atoms with E-state index in [1.54, 1.807) is 19.5 Å². The molecule has 1 aromatic carbocycles. The molecule has 1 heterocycles. The maximum absolute atomic E-state index is 10.6. The monoisotopic (exact) mass is 710 g/mol. The molecule has 1 aromatic heterocycles. The van der Waals surface area contributed by atoms with Gasteiger partial charge in [0.25, 0.3) is 0 Å². The number of halogens is 1. The highest BCUT2D eigenvalue weighted by atomic mass is 35.5. The Kier molecular flexibility index (Phi) is 56.5. The van der Waals surface area contributed by atoms with E-state index in [1.807, 2.05) is 117 Å². The molecule has 0 spiro atoms. The van der Waals surface area contributed by atoms with Gasteiger partial charge in [0.2, 0.25) is 6.41 Å². The molecule has 0 saturated heterocycles. The summed E-state index contributed by atoms with van der Waals surface area (Å²) < 4.78 is 9.92. The Labute approximate surface area is 308 Å². The van der Waals surface area contributed by atoms with E-state index in [0.717, 1.165) is 50.1 Å². The van der Waals surface area contributed by atoms with Gasteiger partial charge < -0.3 is 24.8 Å². The third-order valence-electron chi connectivity index (χ3n) is 5.76. The van der Waals surface area contributed by atoms with Crippen molar-refractivity contribution in [1.29, 1.82) is 0 Å². The van der Waals surface area contributed by atoms with Crippen molar-refractivity contribution in [2.24, 2.45) is 0 Å². The largest absolute Gasteiger partial charge is 0.489 e. The highest BCUT2D eigenvalue weighted by molar-refractivity contribution is 6.32. The number of carbonyl (C=O) groups is 1. The Morgan fingerprint density at radius 3 is 1.96 bits per heavy atom. The minimum atomic E-state index is 0.00730. The fraction of sp³-hybridized carbons (Fsp3) is 0.610. The molecule has 1 aliphatic rings. The number of rotatable bonds is 14. The second kappa shape index (κ2) is 49.7. The van der Waals surface area contributed by atoms with Crippen molar-refractivity contribution in [2.45, 2.75) is 121 Å². The van der Waals surface area contributed by atoms with Crippen LogP contribution in [0, 0.1) is 6.92 Å². The lowest BCUT2D eigenvalue weighted by atomic mass is 10.1. The zero-order valence-corrected chi connectivity index (χ0v) is 34.5. The molecule has 0 bridgehead atoms. The van der Waals surface area contributed by atoms with Crippen LogP contribution in [-0.4, -0.2) is 74.5 Å². The molecule has 0 atom stereocenters. The van der Waals surface area contributed by atoms with Crippen molar-refractivity contribution >= 4 is 18.0 Å². The average molecular weight is 711 g/mol. The molecule has 0 aliphatic heterocycles. The van der Waals surface area contributed by atoms with Crippen LogP contribution < -0.4 is 10.1 Å². The third kappa shape index (κ3) is 41.4. The van der Waals surface area contributed by atoms with E-state index in [-0.39, 0.29) is 13.2 Å². The van der Waals surface area contributed by atoms with Crippen molar-refractivity contribution in [3.63, 3.8) is 0 Å². The first-order chi connectivity index (χ1) is 23.9. The quantitative estimate of drug-likeness (QED) is 0.115. The summed E-state index contributed by atoms with van der Waals surface area (Å²) in [6.45, 7) is 25.3. The van der Waals surface area contributed by atoms with Crippen LogP contribution in [0.5, 0.6) is 5.75 Å². The van der Waals surface area contributed by atoms with Crippen LogP contribution in [0.3, 0.4) is 0 Å². The van der Waals surface area contributed by atoms with Crippen LogP contribution in [-0.2, 0) is 16.0 Å². The molecule has 286 valence electrons. The summed E-state index contributed by atoms with van der Waals surface area (Å²) in [5.41, 5.74) is 2.21. The molecular formula is C41H76ClN3O4. The molecule has 2 aromatic rings. The lowest BCUT2D eigenvalue weighted by Gasteiger charge is -2.14. The Hall–Kier alpha value is -2.71. The molecule has 8 heteroatoms. The van der Waals surface area contributed by atoms with Crippen LogP contribution in [0.25, 0.3) is 0 Å². The van der Waals surface area contributed by atoms with Crippen molar-refractivity contribution in [1.82, 2.24) is 15.2 Å². The summed E-state index contributed by atoms with van der Waals surface area (Å²) in [4.78, 5) is 16.3. The van der Waals surface area contributed by atoms with Gasteiger partial charge in [0, 0.05) is 38.7 Å². The first kappa shape index (κ1) is 55.7. The first-order valence-electron chi connectivity index (χ1n) is 18.4. The van der Waals surface area contributed by atoms with Crippen LogP contribution in [0.1, 0.15) is 112 Å². The molecule has 7 nitrogen and oxygen atoms in total. The number of unbranched alkanes of at least 4 members (excludes halogenated alkanes) is 1. The Morgan fingerprint density at radius 1 is 1.02 bits per heavy atom. The van der Waals surface area contributed by atoms with E-state index in [9.17, 15) is 4.79 Å². The topological polar surface area (TPSA) is 83.9 Å². The van der Waals surface area contributed by atoms with Crippen molar-refractivity contribution < 1.29 is 19.4 Å². The number of amides is 1.